The molecule has 2 heterocycles. The van der Waals surface area contributed by atoms with Gasteiger partial charge in [0.15, 0.2) is 0 Å². The summed E-state index contributed by atoms with van der Waals surface area (Å²) in [6, 6.07) is 27.8. The largest absolute Gasteiger partial charge is 0.427 e. The second-order valence-electron chi connectivity index (χ2n) is 11.8. The van der Waals surface area contributed by atoms with E-state index in [2.05, 4.69) is 76.7 Å². The Kier molecular flexibility index (Phi) is 5.86. The number of aromatic nitrogens is 2. The number of benzene rings is 4. The fourth-order valence-corrected chi connectivity index (χ4v) is 5.90. The Balaban J connectivity index is 1.56. The van der Waals surface area contributed by atoms with Crippen LogP contribution in [0.5, 0.6) is 0 Å². The molecule has 0 amide bonds. The molecule has 7 rings (SSSR count). The summed E-state index contributed by atoms with van der Waals surface area (Å²) in [7, 11) is 1.80. The third kappa shape index (κ3) is 3.99. The molecule has 0 aliphatic heterocycles. The quantitative estimate of drug-likeness (QED) is 0.224. The lowest BCUT2D eigenvalue weighted by Gasteiger charge is -2.37. The van der Waals surface area contributed by atoms with Crippen molar-refractivity contribution >= 4 is 34.5 Å². The second kappa shape index (κ2) is 9.37. The monoisotopic (exact) mass is 533 g/mol. The van der Waals surface area contributed by atoms with Gasteiger partial charge in [0, 0.05) is 35.9 Å². The molecule has 0 unspecified atom stereocenters. The van der Waals surface area contributed by atoms with Crippen LogP contribution in [0.2, 0.25) is 0 Å². The fourth-order valence-electron chi connectivity index (χ4n) is 5.90. The van der Waals surface area contributed by atoms with Crippen LogP contribution in [-0.4, -0.2) is 33.8 Å². The highest BCUT2D eigenvalue weighted by Crippen LogP contribution is 2.57. The first kappa shape index (κ1) is 25.6. The maximum atomic E-state index is 10.7. The summed E-state index contributed by atoms with van der Waals surface area (Å²) >= 11 is 0. The minimum absolute atomic E-state index is 0.766. The summed E-state index contributed by atoms with van der Waals surface area (Å²) in [5, 5.41) is 15.4. The average molecular weight is 533 g/mol. The summed E-state index contributed by atoms with van der Waals surface area (Å²) in [6.45, 7) is 7.36. The number of nitrogens with zero attached hydrogens (tertiary/aromatic N) is 2. The molecule has 1 N–H and O–H groups in total. The molecule has 2 aromatic heterocycles. The van der Waals surface area contributed by atoms with Crippen LogP contribution in [0.3, 0.4) is 0 Å². The predicted octanol–water partition coefficient (Wildman–Crippen LogP) is 7.58. The zero-order valence-electron chi connectivity index (χ0n) is 23.6. The molecule has 0 fully saturated rings. The Hall–Kier alpha value is -4.32. The lowest BCUT2D eigenvalue weighted by atomic mass is 9.79. The van der Waals surface area contributed by atoms with Crippen molar-refractivity contribution < 1.29 is 9.76 Å². The van der Waals surface area contributed by atoms with Gasteiger partial charge in [-0.25, -0.2) is 0 Å². The minimum Gasteiger partial charge on any atom is -0.427 e. The number of fused-ring (bicyclic) bond motifs is 4. The fraction of sp³-hybridized carbons (Fsp3) is 0.167. The van der Waals surface area contributed by atoms with E-state index in [1.54, 1.807) is 21.3 Å². The van der Waals surface area contributed by atoms with Gasteiger partial charge in [-0.05, 0) is 100 Å². The van der Waals surface area contributed by atoms with Gasteiger partial charge in [0.1, 0.15) is 0 Å². The van der Waals surface area contributed by atoms with Gasteiger partial charge in [0.05, 0.1) is 11.2 Å². The third-order valence-electron chi connectivity index (χ3n) is 8.68. The summed E-state index contributed by atoms with van der Waals surface area (Å²) in [6.07, 6.45) is 7.56. The van der Waals surface area contributed by atoms with Crippen molar-refractivity contribution in [1.82, 2.24) is 9.97 Å². The van der Waals surface area contributed by atoms with Crippen LogP contribution in [0.4, 0.5) is 0 Å². The van der Waals surface area contributed by atoms with Gasteiger partial charge in [-0.2, -0.15) is 0 Å². The Labute approximate surface area is 241 Å². The van der Waals surface area contributed by atoms with Crippen molar-refractivity contribution in [3.8, 4) is 44.5 Å². The summed E-state index contributed by atoms with van der Waals surface area (Å²) < 4.78 is 6.22. The van der Waals surface area contributed by atoms with E-state index in [1.165, 1.54) is 49.5 Å². The molecule has 0 bridgehead atoms. The van der Waals surface area contributed by atoms with Gasteiger partial charge >= 0.3 is 7.48 Å². The van der Waals surface area contributed by atoms with E-state index in [1.807, 2.05) is 50.8 Å². The standard InChI is InChI=1S/C36H30BN2O2/c1-35(2,40)36(3,4)41-37-29-17-16-28-32-26(29)14-7-15-27(32)33-30(22-10-8-18-38-20-22)24-12-5-6-13-25(24)31(34(28)33)23-11-9-19-39-21-23/h5-21,40H,1-4H3. The Morgan fingerprint density at radius 1 is 0.610 bits per heavy atom. The van der Waals surface area contributed by atoms with Crippen molar-refractivity contribution in [3.05, 3.63) is 104 Å². The molecule has 5 heteroatoms. The molecule has 6 aromatic rings. The number of hydrogen-bond donors (Lipinski definition) is 1. The van der Waals surface area contributed by atoms with Crippen molar-refractivity contribution in [3.63, 3.8) is 0 Å². The average Bonchev–Trinajstić information content (AvgIpc) is 3.31. The molecule has 0 saturated carbocycles. The van der Waals surface area contributed by atoms with Crippen LogP contribution >= 0.6 is 0 Å². The van der Waals surface area contributed by atoms with E-state index in [0.717, 1.165) is 22.0 Å². The van der Waals surface area contributed by atoms with Gasteiger partial charge in [0.2, 0.25) is 0 Å². The van der Waals surface area contributed by atoms with Crippen LogP contribution < -0.4 is 5.46 Å². The Bertz CT molecular complexity index is 1850. The van der Waals surface area contributed by atoms with E-state index in [9.17, 15) is 5.11 Å². The Morgan fingerprint density at radius 2 is 1.17 bits per heavy atom. The van der Waals surface area contributed by atoms with Gasteiger partial charge < -0.3 is 9.76 Å². The lowest BCUT2D eigenvalue weighted by Crippen LogP contribution is -2.49. The highest BCUT2D eigenvalue weighted by Gasteiger charge is 2.36. The molecular formula is C36H30BN2O2. The van der Waals surface area contributed by atoms with Crippen LogP contribution in [0.15, 0.2) is 104 Å². The number of hydrogen-bond acceptors (Lipinski definition) is 4. The molecule has 0 saturated heterocycles. The first-order chi connectivity index (χ1) is 19.8. The van der Waals surface area contributed by atoms with Gasteiger partial charge in [-0.1, -0.05) is 66.7 Å². The van der Waals surface area contributed by atoms with E-state index in [-0.39, 0.29) is 0 Å². The minimum atomic E-state index is -1.01. The number of aliphatic hydroxyl groups is 1. The highest BCUT2D eigenvalue weighted by molar-refractivity contribution is 6.52. The molecule has 4 aromatic carbocycles. The molecule has 1 aliphatic rings. The molecule has 4 nitrogen and oxygen atoms in total. The van der Waals surface area contributed by atoms with E-state index in [0.29, 0.717) is 0 Å². The van der Waals surface area contributed by atoms with Crippen LogP contribution in [0, 0.1) is 0 Å². The molecule has 41 heavy (non-hydrogen) atoms. The van der Waals surface area contributed by atoms with E-state index in [4.69, 9.17) is 4.65 Å². The summed E-state index contributed by atoms with van der Waals surface area (Å²) in [5.41, 5.74) is 8.56. The first-order valence-electron chi connectivity index (χ1n) is 14.0. The highest BCUT2D eigenvalue weighted by atomic mass is 16.5. The van der Waals surface area contributed by atoms with Crippen molar-refractivity contribution in [2.45, 2.75) is 38.9 Å². The maximum absolute atomic E-state index is 10.7. The lowest BCUT2D eigenvalue weighted by molar-refractivity contribution is -0.0893. The number of rotatable bonds is 6. The van der Waals surface area contributed by atoms with E-state index < -0.39 is 11.2 Å². The maximum Gasteiger partial charge on any atom is 0.331 e. The number of pyridine rings is 2. The smallest absolute Gasteiger partial charge is 0.331 e. The molecule has 0 spiro atoms. The van der Waals surface area contributed by atoms with Gasteiger partial charge in [-0.3, -0.25) is 9.97 Å². The zero-order chi connectivity index (χ0) is 28.4. The predicted molar refractivity (Wildman–Crippen MR) is 169 cm³/mol. The molecular weight excluding hydrogens is 503 g/mol. The van der Waals surface area contributed by atoms with Gasteiger partial charge in [0.25, 0.3) is 0 Å². The van der Waals surface area contributed by atoms with Crippen molar-refractivity contribution in [2.75, 3.05) is 0 Å². The third-order valence-corrected chi connectivity index (χ3v) is 8.68. The molecule has 0 atom stereocenters. The summed E-state index contributed by atoms with van der Waals surface area (Å²) in [4.78, 5) is 9.00. The normalized spacial score (nSPS) is 12.6. The van der Waals surface area contributed by atoms with E-state index >= 15 is 0 Å². The molecule has 1 aliphatic carbocycles. The van der Waals surface area contributed by atoms with Crippen molar-refractivity contribution in [2.24, 2.45) is 0 Å². The second-order valence-corrected chi connectivity index (χ2v) is 11.8. The summed E-state index contributed by atoms with van der Waals surface area (Å²) in [5.74, 6) is 0. The topological polar surface area (TPSA) is 55.2 Å². The van der Waals surface area contributed by atoms with Crippen LogP contribution in [0.25, 0.3) is 66.1 Å². The SMILES string of the molecule is CC(C)(O)C(C)(C)O[B]c1ccc2c3c(cccc13)-c1c-2c(-c2cccnc2)c2ccccc2c1-c1cccnc1. The molecule has 199 valence electrons. The Morgan fingerprint density at radius 3 is 1.71 bits per heavy atom. The zero-order valence-corrected chi connectivity index (χ0v) is 23.6. The first-order valence-corrected chi connectivity index (χ1v) is 14.0. The van der Waals surface area contributed by atoms with Crippen LogP contribution in [0.1, 0.15) is 27.7 Å². The van der Waals surface area contributed by atoms with Crippen molar-refractivity contribution in [1.29, 1.82) is 0 Å². The van der Waals surface area contributed by atoms with Gasteiger partial charge in [-0.15, -0.1) is 0 Å². The van der Waals surface area contributed by atoms with Crippen LogP contribution in [-0.2, 0) is 4.65 Å². The molecule has 1 radical (unpaired) electrons.